The van der Waals surface area contributed by atoms with E-state index in [4.69, 9.17) is 4.74 Å². The Bertz CT molecular complexity index is 921. The van der Waals surface area contributed by atoms with Gasteiger partial charge in [-0.3, -0.25) is 4.79 Å². The fraction of sp³-hybridized carbons (Fsp3) is 0.267. The van der Waals surface area contributed by atoms with Gasteiger partial charge in [0.1, 0.15) is 0 Å². The molecule has 2 heterocycles. The quantitative estimate of drug-likeness (QED) is 0.794. The first kappa shape index (κ1) is 15.4. The summed E-state index contributed by atoms with van der Waals surface area (Å²) in [5.41, 5.74) is 1.18. The summed E-state index contributed by atoms with van der Waals surface area (Å²) in [5, 5.41) is 7.91. The van der Waals surface area contributed by atoms with Crippen molar-refractivity contribution in [1.29, 1.82) is 0 Å². The summed E-state index contributed by atoms with van der Waals surface area (Å²) in [5.74, 6) is -0.219. The minimum absolute atomic E-state index is 0.187. The van der Waals surface area contributed by atoms with Gasteiger partial charge in [-0.25, -0.2) is 9.37 Å². The smallest absolute Gasteiger partial charge is 0.275 e. The van der Waals surface area contributed by atoms with Crippen molar-refractivity contribution in [3.8, 4) is 5.75 Å². The van der Waals surface area contributed by atoms with E-state index in [1.165, 1.54) is 35.1 Å². The van der Waals surface area contributed by atoms with Crippen molar-refractivity contribution in [1.82, 2.24) is 14.6 Å². The SMILES string of the molecule is COc1ccc([C@H](C)Nc2nn3c(=O)cc(C)nc3s2)cc1F. The lowest BCUT2D eigenvalue weighted by molar-refractivity contribution is 0.386. The van der Waals surface area contributed by atoms with E-state index < -0.39 is 5.82 Å². The van der Waals surface area contributed by atoms with Crippen LogP contribution in [0.4, 0.5) is 9.52 Å². The second-order valence-corrected chi connectivity index (χ2v) is 6.05. The second-order valence-electron chi connectivity index (χ2n) is 5.10. The van der Waals surface area contributed by atoms with Crippen molar-refractivity contribution in [2.45, 2.75) is 19.9 Å². The number of fused-ring (bicyclic) bond motifs is 1. The molecule has 0 unspecified atom stereocenters. The van der Waals surface area contributed by atoms with E-state index in [2.05, 4.69) is 15.4 Å². The summed E-state index contributed by atoms with van der Waals surface area (Å²) >= 11 is 1.27. The lowest BCUT2D eigenvalue weighted by Crippen LogP contribution is -2.15. The first-order chi connectivity index (χ1) is 11.0. The number of aromatic nitrogens is 3. The van der Waals surface area contributed by atoms with Crippen LogP contribution in [0.15, 0.2) is 29.1 Å². The van der Waals surface area contributed by atoms with E-state index in [0.717, 1.165) is 5.56 Å². The summed E-state index contributed by atoms with van der Waals surface area (Å²) in [4.78, 5) is 16.7. The molecule has 0 spiro atoms. The first-order valence-corrected chi connectivity index (χ1v) is 7.77. The number of ether oxygens (including phenoxy) is 1. The molecule has 0 aliphatic rings. The Morgan fingerprint density at radius 1 is 1.39 bits per heavy atom. The zero-order valence-electron chi connectivity index (χ0n) is 12.8. The Morgan fingerprint density at radius 2 is 2.17 bits per heavy atom. The number of hydrogen-bond donors (Lipinski definition) is 1. The van der Waals surface area contributed by atoms with Crippen molar-refractivity contribution in [3.63, 3.8) is 0 Å². The number of anilines is 1. The van der Waals surface area contributed by atoms with E-state index >= 15 is 0 Å². The number of nitrogens with one attached hydrogen (secondary N) is 1. The van der Waals surface area contributed by atoms with E-state index in [-0.39, 0.29) is 17.4 Å². The Hall–Kier alpha value is -2.48. The zero-order chi connectivity index (χ0) is 16.6. The highest BCUT2D eigenvalue weighted by molar-refractivity contribution is 7.20. The van der Waals surface area contributed by atoms with Crippen LogP contribution in [-0.2, 0) is 0 Å². The summed E-state index contributed by atoms with van der Waals surface area (Å²) in [6.45, 7) is 3.64. The molecule has 23 heavy (non-hydrogen) atoms. The van der Waals surface area contributed by atoms with E-state index in [0.29, 0.717) is 15.8 Å². The number of aryl methyl sites for hydroxylation is 1. The fourth-order valence-corrected chi connectivity index (χ4v) is 3.14. The molecule has 0 amide bonds. The van der Waals surface area contributed by atoms with Crippen molar-refractivity contribution in [2.75, 3.05) is 12.4 Å². The van der Waals surface area contributed by atoms with Gasteiger partial charge in [0.25, 0.3) is 5.56 Å². The predicted molar refractivity (Wildman–Crippen MR) is 86.9 cm³/mol. The number of halogens is 1. The highest BCUT2D eigenvalue weighted by Gasteiger charge is 2.13. The average molecular weight is 334 g/mol. The summed E-state index contributed by atoms with van der Waals surface area (Å²) in [6.07, 6.45) is 0. The highest BCUT2D eigenvalue weighted by atomic mass is 32.1. The molecular weight excluding hydrogens is 319 g/mol. The average Bonchev–Trinajstić information content (AvgIpc) is 2.89. The maximum atomic E-state index is 13.8. The first-order valence-electron chi connectivity index (χ1n) is 6.95. The molecule has 8 heteroatoms. The van der Waals surface area contributed by atoms with Crippen LogP contribution in [0, 0.1) is 12.7 Å². The maximum absolute atomic E-state index is 13.8. The van der Waals surface area contributed by atoms with Crippen LogP contribution >= 0.6 is 11.3 Å². The van der Waals surface area contributed by atoms with Gasteiger partial charge >= 0.3 is 0 Å². The molecule has 0 radical (unpaired) electrons. The number of methoxy groups -OCH3 is 1. The topological polar surface area (TPSA) is 68.5 Å². The van der Waals surface area contributed by atoms with Gasteiger partial charge in [0.2, 0.25) is 10.1 Å². The molecule has 120 valence electrons. The predicted octanol–water partition coefficient (Wildman–Crippen LogP) is 2.78. The van der Waals surface area contributed by atoms with Crippen LogP contribution in [0.3, 0.4) is 0 Å². The lowest BCUT2D eigenvalue weighted by Gasteiger charge is -2.13. The third-order valence-corrected chi connectivity index (χ3v) is 4.23. The Kier molecular flexibility index (Phi) is 3.99. The third kappa shape index (κ3) is 3.02. The van der Waals surface area contributed by atoms with Crippen molar-refractivity contribution in [2.24, 2.45) is 0 Å². The highest BCUT2D eigenvalue weighted by Crippen LogP contribution is 2.26. The van der Waals surface area contributed by atoms with Crippen molar-refractivity contribution >= 4 is 21.4 Å². The molecule has 6 nitrogen and oxygen atoms in total. The van der Waals surface area contributed by atoms with E-state index in [1.54, 1.807) is 19.1 Å². The third-order valence-electron chi connectivity index (χ3n) is 3.39. The van der Waals surface area contributed by atoms with E-state index in [9.17, 15) is 9.18 Å². The van der Waals surface area contributed by atoms with Gasteiger partial charge in [-0.15, -0.1) is 5.10 Å². The molecule has 0 saturated carbocycles. The summed E-state index contributed by atoms with van der Waals surface area (Å²) < 4.78 is 20.0. The molecule has 3 aromatic rings. The molecule has 0 bridgehead atoms. The van der Waals surface area contributed by atoms with Crippen molar-refractivity contribution in [3.05, 3.63) is 51.7 Å². The number of hydrogen-bond acceptors (Lipinski definition) is 6. The fourth-order valence-electron chi connectivity index (χ4n) is 2.20. The molecule has 0 saturated heterocycles. The molecule has 0 aliphatic heterocycles. The lowest BCUT2D eigenvalue weighted by atomic mass is 10.1. The Balaban J connectivity index is 1.88. The van der Waals surface area contributed by atoms with Crippen LogP contribution in [0.1, 0.15) is 24.2 Å². The monoisotopic (exact) mass is 334 g/mol. The van der Waals surface area contributed by atoms with Crippen LogP contribution < -0.4 is 15.6 Å². The molecule has 1 atom stereocenters. The van der Waals surface area contributed by atoms with Gasteiger partial charge in [0, 0.05) is 11.8 Å². The van der Waals surface area contributed by atoms with Crippen LogP contribution in [-0.4, -0.2) is 21.7 Å². The molecule has 3 rings (SSSR count). The maximum Gasteiger partial charge on any atom is 0.275 e. The number of benzene rings is 1. The molecule has 0 aliphatic carbocycles. The normalized spacial score (nSPS) is 12.3. The number of rotatable bonds is 4. The number of nitrogens with zero attached hydrogens (tertiary/aromatic N) is 3. The Morgan fingerprint density at radius 3 is 2.87 bits per heavy atom. The minimum Gasteiger partial charge on any atom is -0.494 e. The van der Waals surface area contributed by atoms with Crippen LogP contribution in [0.25, 0.3) is 4.96 Å². The zero-order valence-corrected chi connectivity index (χ0v) is 13.6. The molecule has 0 fully saturated rings. The second kappa shape index (κ2) is 5.96. The summed E-state index contributed by atoms with van der Waals surface area (Å²) in [7, 11) is 1.42. The largest absolute Gasteiger partial charge is 0.494 e. The molecule has 2 aromatic heterocycles. The van der Waals surface area contributed by atoms with Gasteiger partial charge in [-0.1, -0.05) is 17.4 Å². The van der Waals surface area contributed by atoms with Crippen LogP contribution in [0.2, 0.25) is 0 Å². The van der Waals surface area contributed by atoms with Gasteiger partial charge in [0.05, 0.1) is 13.2 Å². The van der Waals surface area contributed by atoms with Crippen LogP contribution in [0.5, 0.6) is 5.75 Å². The Labute approximate surface area is 135 Å². The minimum atomic E-state index is -0.420. The van der Waals surface area contributed by atoms with Gasteiger partial charge in [-0.05, 0) is 31.5 Å². The van der Waals surface area contributed by atoms with E-state index in [1.807, 2.05) is 6.92 Å². The van der Waals surface area contributed by atoms with Gasteiger partial charge < -0.3 is 10.1 Å². The van der Waals surface area contributed by atoms with Crippen molar-refractivity contribution < 1.29 is 9.13 Å². The molecule has 1 N–H and O–H groups in total. The van der Waals surface area contributed by atoms with Gasteiger partial charge in [-0.2, -0.15) is 4.52 Å². The molecular formula is C15H15FN4O2S. The standard InChI is InChI=1S/C15H15FN4O2S/c1-8-6-13(21)20-15(17-8)23-14(19-20)18-9(2)10-4-5-12(22-3)11(16)7-10/h4-7,9H,1-3H3,(H,18,19)/t9-/m0/s1. The molecule has 1 aromatic carbocycles. The summed E-state index contributed by atoms with van der Waals surface area (Å²) in [6, 6.07) is 6.02. The van der Waals surface area contributed by atoms with Gasteiger partial charge in [0.15, 0.2) is 11.6 Å².